The van der Waals surface area contributed by atoms with E-state index in [-0.39, 0.29) is 11.9 Å². The minimum atomic E-state index is -0.464. The van der Waals surface area contributed by atoms with Crippen molar-refractivity contribution in [2.75, 3.05) is 11.9 Å². The molecule has 2 unspecified atom stereocenters. The lowest BCUT2D eigenvalue weighted by molar-refractivity contribution is -0.119. The van der Waals surface area contributed by atoms with Crippen molar-refractivity contribution >= 4 is 17.5 Å². The summed E-state index contributed by atoms with van der Waals surface area (Å²) in [6, 6.07) is 4.89. The van der Waals surface area contributed by atoms with Gasteiger partial charge in [-0.15, -0.1) is 0 Å². The highest BCUT2D eigenvalue weighted by Crippen LogP contribution is 2.20. The molecule has 1 aliphatic rings. The molecule has 1 aromatic rings. The quantitative estimate of drug-likeness (QED) is 0.780. The van der Waals surface area contributed by atoms with Gasteiger partial charge in [-0.25, -0.2) is 0 Å². The third kappa shape index (κ3) is 3.17. The Balaban J connectivity index is 2.09. The number of anilines is 1. The summed E-state index contributed by atoms with van der Waals surface area (Å²) in [5.74, 6) is -0.158. The number of hydrogen-bond acceptors (Lipinski definition) is 3. The Morgan fingerprint density at radius 2 is 2.15 bits per heavy atom. The molecule has 2 atom stereocenters. The number of rotatable bonds is 3. The van der Waals surface area contributed by atoms with Crippen molar-refractivity contribution in [1.29, 1.82) is 0 Å². The van der Waals surface area contributed by atoms with E-state index < -0.39 is 5.91 Å². The molecule has 5 nitrogen and oxygen atoms in total. The third-order valence-corrected chi connectivity index (χ3v) is 3.82. The maximum Gasteiger partial charge on any atom is 0.248 e. The number of hydrogen-bond donors (Lipinski definition) is 3. The minimum absolute atomic E-state index is 0.0212. The van der Waals surface area contributed by atoms with E-state index >= 15 is 0 Å². The lowest BCUT2D eigenvalue weighted by Crippen LogP contribution is -2.48. The first-order valence-electron chi connectivity index (χ1n) is 6.93. The van der Waals surface area contributed by atoms with Crippen LogP contribution in [0.15, 0.2) is 18.2 Å². The monoisotopic (exact) mass is 275 g/mol. The summed E-state index contributed by atoms with van der Waals surface area (Å²) in [6.45, 7) is 4.81. The van der Waals surface area contributed by atoms with Crippen LogP contribution in [-0.2, 0) is 4.79 Å². The van der Waals surface area contributed by atoms with E-state index in [4.69, 9.17) is 5.73 Å². The Kier molecular flexibility index (Phi) is 4.39. The SMILES string of the molecule is Cc1cc(C(N)=O)ccc1NC(=O)C1NCCCC1C. The Bertz CT molecular complexity index is 528. The molecule has 1 fully saturated rings. The fourth-order valence-corrected chi connectivity index (χ4v) is 2.57. The molecule has 20 heavy (non-hydrogen) atoms. The summed E-state index contributed by atoms with van der Waals surface area (Å²) >= 11 is 0. The largest absolute Gasteiger partial charge is 0.366 e. The lowest BCUT2D eigenvalue weighted by Gasteiger charge is -2.29. The van der Waals surface area contributed by atoms with Crippen molar-refractivity contribution < 1.29 is 9.59 Å². The Morgan fingerprint density at radius 1 is 1.40 bits per heavy atom. The number of nitrogens with two attached hydrogens (primary N) is 1. The topological polar surface area (TPSA) is 84.2 Å². The van der Waals surface area contributed by atoms with Crippen molar-refractivity contribution in [2.45, 2.75) is 32.7 Å². The molecule has 5 heteroatoms. The number of aryl methyl sites for hydroxylation is 1. The average Bonchev–Trinajstić information content (AvgIpc) is 2.41. The summed E-state index contributed by atoms with van der Waals surface area (Å²) in [5, 5.41) is 6.17. The number of amides is 2. The zero-order valence-electron chi connectivity index (χ0n) is 11.9. The smallest absolute Gasteiger partial charge is 0.248 e. The predicted octanol–water partition coefficient (Wildman–Crippen LogP) is 1.42. The molecule has 0 aliphatic carbocycles. The highest BCUT2D eigenvalue weighted by molar-refractivity contribution is 5.97. The third-order valence-electron chi connectivity index (χ3n) is 3.82. The molecule has 2 amide bonds. The summed E-state index contributed by atoms with van der Waals surface area (Å²) in [6.07, 6.45) is 2.17. The van der Waals surface area contributed by atoms with Gasteiger partial charge in [0.05, 0.1) is 6.04 Å². The second-order valence-electron chi connectivity index (χ2n) is 5.43. The number of carbonyl (C=O) groups is 2. The van der Waals surface area contributed by atoms with Crippen LogP contribution in [0.25, 0.3) is 0 Å². The van der Waals surface area contributed by atoms with E-state index in [1.807, 2.05) is 6.92 Å². The summed E-state index contributed by atoms with van der Waals surface area (Å²) in [7, 11) is 0. The van der Waals surface area contributed by atoms with Crippen LogP contribution in [0.2, 0.25) is 0 Å². The van der Waals surface area contributed by atoms with Crippen LogP contribution in [0.4, 0.5) is 5.69 Å². The molecule has 0 radical (unpaired) electrons. The Morgan fingerprint density at radius 3 is 2.75 bits per heavy atom. The molecular weight excluding hydrogens is 254 g/mol. The molecule has 1 heterocycles. The number of primary amides is 1. The van der Waals surface area contributed by atoms with Gasteiger partial charge in [-0.3, -0.25) is 9.59 Å². The number of piperidine rings is 1. The van der Waals surface area contributed by atoms with Crippen molar-refractivity contribution in [3.63, 3.8) is 0 Å². The van der Waals surface area contributed by atoms with Gasteiger partial charge in [0, 0.05) is 11.3 Å². The summed E-state index contributed by atoms with van der Waals surface area (Å²) in [5.41, 5.74) is 7.23. The van der Waals surface area contributed by atoms with Crippen LogP contribution in [0.1, 0.15) is 35.7 Å². The maximum atomic E-state index is 12.3. The second kappa shape index (κ2) is 6.05. The van der Waals surface area contributed by atoms with E-state index in [0.717, 1.165) is 30.6 Å². The first-order chi connectivity index (χ1) is 9.49. The van der Waals surface area contributed by atoms with Gasteiger partial charge < -0.3 is 16.4 Å². The molecular formula is C15H21N3O2. The van der Waals surface area contributed by atoms with Crippen molar-refractivity contribution in [1.82, 2.24) is 5.32 Å². The van der Waals surface area contributed by atoms with Gasteiger partial charge in [0.25, 0.3) is 0 Å². The van der Waals surface area contributed by atoms with Gasteiger partial charge in [0.1, 0.15) is 0 Å². The first-order valence-corrected chi connectivity index (χ1v) is 6.93. The summed E-state index contributed by atoms with van der Waals surface area (Å²) < 4.78 is 0. The van der Waals surface area contributed by atoms with Gasteiger partial charge in [-0.1, -0.05) is 6.92 Å². The maximum absolute atomic E-state index is 12.3. The molecule has 1 aliphatic heterocycles. The standard InChI is InChI=1S/C15H21N3O2/c1-9-4-3-7-17-13(9)15(20)18-12-6-5-11(14(16)19)8-10(12)2/h5-6,8-9,13,17H,3-4,7H2,1-2H3,(H2,16,19)(H,18,20). The fourth-order valence-electron chi connectivity index (χ4n) is 2.57. The molecule has 108 valence electrons. The van der Waals surface area contributed by atoms with Crippen molar-refractivity contribution in [3.05, 3.63) is 29.3 Å². The molecule has 0 aromatic heterocycles. The van der Waals surface area contributed by atoms with E-state index in [9.17, 15) is 9.59 Å². The van der Waals surface area contributed by atoms with Crippen LogP contribution in [0.3, 0.4) is 0 Å². The van der Waals surface area contributed by atoms with Gasteiger partial charge in [-0.2, -0.15) is 0 Å². The second-order valence-corrected chi connectivity index (χ2v) is 5.43. The van der Waals surface area contributed by atoms with Crippen molar-refractivity contribution in [3.8, 4) is 0 Å². The normalized spacial score (nSPS) is 22.3. The molecule has 1 saturated heterocycles. The lowest BCUT2D eigenvalue weighted by atomic mass is 9.92. The first kappa shape index (κ1) is 14.5. The van der Waals surface area contributed by atoms with Gasteiger partial charge in [-0.05, 0) is 56.0 Å². The zero-order valence-corrected chi connectivity index (χ0v) is 11.9. The van der Waals surface area contributed by atoms with Crippen LogP contribution in [-0.4, -0.2) is 24.4 Å². The number of benzene rings is 1. The molecule has 0 spiro atoms. The van der Waals surface area contributed by atoms with Crippen LogP contribution >= 0.6 is 0 Å². The van der Waals surface area contributed by atoms with E-state index in [0.29, 0.717) is 11.5 Å². The highest BCUT2D eigenvalue weighted by atomic mass is 16.2. The molecule has 4 N–H and O–H groups in total. The molecule has 1 aromatic carbocycles. The average molecular weight is 275 g/mol. The fraction of sp³-hybridized carbons (Fsp3) is 0.467. The zero-order chi connectivity index (χ0) is 14.7. The van der Waals surface area contributed by atoms with Crippen LogP contribution in [0, 0.1) is 12.8 Å². The molecule has 0 bridgehead atoms. The van der Waals surface area contributed by atoms with Gasteiger partial charge in [0.15, 0.2) is 0 Å². The molecule has 0 saturated carbocycles. The Hall–Kier alpha value is -1.88. The van der Waals surface area contributed by atoms with E-state index in [1.54, 1.807) is 18.2 Å². The molecule has 2 rings (SSSR count). The number of nitrogens with one attached hydrogen (secondary N) is 2. The highest BCUT2D eigenvalue weighted by Gasteiger charge is 2.27. The van der Waals surface area contributed by atoms with Gasteiger partial charge in [0.2, 0.25) is 11.8 Å². The van der Waals surface area contributed by atoms with E-state index in [1.165, 1.54) is 0 Å². The van der Waals surface area contributed by atoms with E-state index in [2.05, 4.69) is 17.6 Å². The minimum Gasteiger partial charge on any atom is -0.366 e. The van der Waals surface area contributed by atoms with Crippen LogP contribution in [0.5, 0.6) is 0 Å². The summed E-state index contributed by atoms with van der Waals surface area (Å²) in [4.78, 5) is 23.4. The Labute approximate surface area is 118 Å². The predicted molar refractivity (Wildman–Crippen MR) is 78.5 cm³/mol. The van der Waals surface area contributed by atoms with Gasteiger partial charge >= 0.3 is 0 Å². The number of carbonyl (C=O) groups excluding carboxylic acids is 2. The van der Waals surface area contributed by atoms with Crippen LogP contribution < -0.4 is 16.4 Å². The van der Waals surface area contributed by atoms with Crippen molar-refractivity contribution in [2.24, 2.45) is 11.7 Å².